The van der Waals surface area contributed by atoms with Gasteiger partial charge in [-0.1, -0.05) is 30.3 Å². The summed E-state index contributed by atoms with van der Waals surface area (Å²) in [5.41, 5.74) is 1.33. The molecule has 0 aliphatic rings. The number of rotatable bonds is 6. The highest BCUT2D eigenvalue weighted by molar-refractivity contribution is 5.35. The summed E-state index contributed by atoms with van der Waals surface area (Å²) in [6, 6.07) is 12.2. The Morgan fingerprint density at radius 3 is 2.78 bits per heavy atom. The first-order valence-electron chi connectivity index (χ1n) is 6.05. The molecule has 0 bridgehead atoms. The summed E-state index contributed by atoms with van der Waals surface area (Å²) in [4.78, 5) is 8.09. The fourth-order valence-electron chi connectivity index (χ4n) is 1.65. The van der Waals surface area contributed by atoms with E-state index in [1.807, 2.05) is 13.1 Å². The smallest absolute Gasteiger partial charge is 0.218 e. The van der Waals surface area contributed by atoms with E-state index in [0.29, 0.717) is 12.5 Å². The van der Waals surface area contributed by atoms with Crippen molar-refractivity contribution in [3.05, 3.63) is 48.3 Å². The third kappa shape index (κ3) is 3.73. The van der Waals surface area contributed by atoms with Crippen LogP contribution in [-0.2, 0) is 6.42 Å². The van der Waals surface area contributed by atoms with Gasteiger partial charge in [0.25, 0.3) is 0 Å². The van der Waals surface area contributed by atoms with E-state index in [0.717, 1.165) is 18.7 Å². The molecular weight excluding hydrogens is 226 g/mol. The number of aromatic nitrogens is 2. The molecule has 4 nitrogen and oxygen atoms in total. The Balaban J connectivity index is 1.75. The highest BCUT2D eigenvalue weighted by atomic mass is 16.5. The molecule has 1 aromatic heterocycles. The number of nitrogens with zero attached hydrogens (tertiary/aromatic N) is 2. The Bertz CT molecular complexity index is 473. The zero-order valence-electron chi connectivity index (χ0n) is 10.5. The van der Waals surface area contributed by atoms with Crippen molar-refractivity contribution in [2.24, 2.45) is 0 Å². The van der Waals surface area contributed by atoms with Gasteiger partial charge in [0.1, 0.15) is 12.1 Å². The van der Waals surface area contributed by atoms with E-state index in [9.17, 15) is 0 Å². The first kappa shape index (κ1) is 12.4. The minimum absolute atomic E-state index is 0.613. The van der Waals surface area contributed by atoms with E-state index in [1.165, 1.54) is 11.9 Å². The third-order valence-corrected chi connectivity index (χ3v) is 2.60. The van der Waals surface area contributed by atoms with E-state index in [2.05, 4.69) is 39.6 Å². The van der Waals surface area contributed by atoms with Crippen molar-refractivity contribution >= 4 is 5.82 Å². The average Bonchev–Trinajstić information content (AvgIpc) is 2.45. The Morgan fingerprint density at radius 2 is 2.00 bits per heavy atom. The molecule has 0 radical (unpaired) electrons. The number of anilines is 1. The molecule has 0 saturated carbocycles. The van der Waals surface area contributed by atoms with Crippen molar-refractivity contribution in [1.29, 1.82) is 0 Å². The highest BCUT2D eigenvalue weighted by Crippen LogP contribution is 2.11. The van der Waals surface area contributed by atoms with Gasteiger partial charge in [-0.3, -0.25) is 0 Å². The van der Waals surface area contributed by atoms with Gasteiger partial charge >= 0.3 is 0 Å². The molecule has 2 rings (SSSR count). The summed E-state index contributed by atoms with van der Waals surface area (Å²) in [5, 5.41) is 2.95. The lowest BCUT2D eigenvalue weighted by molar-refractivity contribution is 0.299. The second-order valence-electron chi connectivity index (χ2n) is 3.93. The number of aryl methyl sites for hydroxylation is 1. The van der Waals surface area contributed by atoms with Crippen LogP contribution < -0.4 is 10.1 Å². The molecule has 1 aromatic carbocycles. The summed E-state index contributed by atoms with van der Waals surface area (Å²) in [6.45, 7) is 0.662. The van der Waals surface area contributed by atoms with Crippen molar-refractivity contribution in [3.8, 4) is 5.88 Å². The normalized spacial score (nSPS) is 10.1. The molecule has 4 heteroatoms. The molecule has 94 valence electrons. The van der Waals surface area contributed by atoms with Gasteiger partial charge in [0.15, 0.2) is 0 Å². The zero-order chi connectivity index (χ0) is 12.6. The molecule has 0 unspecified atom stereocenters. The van der Waals surface area contributed by atoms with Crippen LogP contribution in [0.3, 0.4) is 0 Å². The molecule has 2 aromatic rings. The minimum Gasteiger partial charge on any atom is -0.478 e. The Kier molecular flexibility index (Phi) is 4.53. The molecule has 0 fully saturated rings. The van der Waals surface area contributed by atoms with E-state index >= 15 is 0 Å². The summed E-state index contributed by atoms with van der Waals surface area (Å²) >= 11 is 0. The molecule has 0 atom stereocenters. The summed E-state index contributed by atoms with van der Waals surface area (Å²) in [7, 11) is 1.82. The number of ether oxygens (including phenoxy) is 1. The molecule has 0 aliphatic carbocycles. The first-order chi connectivity index (χ1) is 8.88. The first-order valence-corrected chi connectivity index (χ1v) is 6.05. The van der Waals surface area contributed by atoms with Crippen LogP contribution in [0.25, 0.3) is 0 Å². The summed E-state index contributed by atoms with van der Waals surface area (Å²) < 4.78 is 5.58. The maximum Gasteiger partial charge on any atom is 0.218 e. The summed E-state index contributed by atoms with van der Waals surface area (Å²) in [6.07, 6.45) is 3.49. The van der Waals surface area contributed by atoms with Crippen LogP contribution in [0.4, 0.5) is 5.82 Å². The second kappa shape index (κ2) is 6.59. The lowest BCUT2D eigenvalue weighted by Gasteiger charge is -2.06. The Hall–Kier alpha value is -2.10. The van der Waals surface area contributed by atoms with Crippen molar-refractivity contribution < 1.29 is 4.74 Å². The lowest BCUT2D eigenvalue weighted by atomic mass is 10.1. The molecule has 0 amide bonds. The predicted molar refractivity (Wildman–Crippen MR) is 71.8 cm³/mol. The second-order valence-corrected chi connectivity index (χ2v) is 3.93. The molecule has 0 saturated heterocycles. The van der Waals surface area contributed by atoms with Gasteiger partial charge in [0.05, 0.1) is 6.61 Å². The van der Waals surface area contributed by atoms with Crippen LogP contribution in [0.1, 0.15) is 12.0 Å². The number of nitrogens with one attached hydrogen (secondary N) is 1. The third-order valence-electron chi connectivity index (χ3n) is 2.60. The molecule has 0 spiro atoms. The van der Waals surface area contributed by atoms with Crippen molar-refractivity contribution in [3.63, 3.8) is 0 Å². The molecular formula is C14H17N3O. The lowest BCUT2D eigenvalue weighted by Crippen LogP contribution is -2.02. The SMILES string of the molecule is CNc1cc(OCCCc2ccccc2)ncn1. The van der Waals surface area contributed by atoms with E-state index in [1.54, 1.807) is 6.07 Å². The van der Waals surface area contributed by atoms with Crippen molar-refractivity contribution in [2.45, 2.75) is 12.8 Å². The number of benzene rings is 1. The maximum absolute atomic E-state index is 5.58. The Labute approximate surface area is 107 Å². The zero-order valence-corrected chi connectivity index (χ0v) is 10.5. The van der Waals surface area contributed by atoms with Gasteiger partial charge in [-0.25, -0.2) is 9.97 Å². The van der Waals surface area contributed by atoms with Crippen LogP contribution >= 0.6 is 0 Å². The van der Waals surface area contributed by atoms with Gasteiger partial charge in [0.2, 0.25) is 5.88 Å². The van der Waals surface area contributed by atoms with Crippen LogP contribution in [-0.4, -0.2) is 23.6 Å². The quantitative estimate of drug-likeness (QED) is 0.792. The number of hydrogen-bond donors (Lipinski definition) is 1. The summed E-state index contributed by atoms with van der Waals surface area (Å²) in [5.74, 6) is 1.38. The largest absolute Gasteiger partial charge is 0.478 e. The molecule has 1 heterocycles. The maximum atomic E-state index is 5.58. The molecule has 18 heavy (non-hydrogen) atoms. The highest BCUT2D eigenvalue weighted by Gasteiger charge is 1.98. The topological polar surface area (TPSA) is 47.0 Å². The van der Waals surface area contributed by atoms with Gasteiger partial charge < -0.3 is 10.1 Å². The van der Waals surface area contributed by atoms with Gasteiger partial charge in [0, 0.05) is 13.1 Å². The fourth-order valence-corrected chi connectivity index (χ4v) is 1.65. The fraction of sp³-hybridized carbons (Fsp3) is 0.286. The molecule has 1 N–H and O–H groups in total. The van der Waals surface area contributed by atoms with Crippen molar-refractivity contribution in [2.75, 3.05) is 19.0 Å². The van der Waals surface area contributed by atoms with Crippen LogP contribution in [0, 0.1) is 0 Å². The van der Waals surface area contributed by atoms with E-state index < -0.39 is 0 Å². The van der Waals surface area contributed by atoms with Crippen LogP contribution in [0.15, 0.2) is 42.7 Å². The van der Waals surface area contributed by atoms with Gasteiger partial charge in [-0.2, -0.15) is 0 Å². The predicted octanol–water partition coefficient (Wildman–Crippen LogP) is 2.53. The number of hydrogen-bond acceptors (Lipinski definition) is 4. The standard InChI is InChI=1S/C14H17N3O/c1-15-13-10-14(17-11-16-13)18-9-5-8-12-6-3-2-4-7-12/h2-4,6-7,10-11H,5,8-9H2,1H3,(H,15,16,17). The molecule has 0 aliphatic heterocycles. The average molecular weight is 243 g/mol. The van der Waals surface area contributed by atoms with Crippen LogP contribution in [0.5, 0.6) is 5.88 Å². The van der Waals surface area contributed by atoms with E-state index in [-0.39, 0.29) is 0 Å². The van der Waals surface area contributed by atoms with Gasteiger partial charge in [-0.05, 0) is 18.4 Å². The van der Waals surface area contributed by atoms with E-state index in [4.69, 9.17) is 4.74 Å². The van der Waals surface area contributed by atoms with Crippen LogP contribution in [0.2, 0.25) is 0 Å². The monoisotopic (exact) mass is 243 g/mol. The minimum atomic E-state index is 0.613. The Morgan fingerprint density at radius 1 is 1.17 bits per heavy atom. The van der Waals surface area contributed by atoms with Crippen molar-refractivity contribution in [1.82, 2.24) is 9.97 Å². The van der Waals surface area contributed by atoms with Gasteiger partial charge in [-0.15, -0.1) is 0 Å².